The van der Waals surface area contributed by atoms with Crippen LogP contribution in [-0.4, -0.2) is 37.4 Å². The van der Waals surface area contributed by atoms with E-state index in [-0.39, 0.29) is 12.2 Å². The summed E-state index contributed by atoms with van der Waals surface area (Å²) in [7, 11) is 1.71. The second kappa shape index (κ2) is 9.40. The van der Waals surface area contributed by atoms with Gasteiger partial charge in [0.05, 0.1) is 36.5 Å². The van der Waals surface area contributed by atoms with Crippen LogP contribution in [0.15, 0.2) is 66.9 Å². The molecule has 2 heterocycles. The summed E-state index contributed by atoms with van der Waals surface area (Å²) < 4.78 is 11.9. The van der Waals surface area contributed by atoms with Crippen LogP contribution in [0.5, 0.6) is 5.75 Å². The molecule has 0 N–H and O–H groups in total. The molecule has 1 aliphatic rings. The normalized spacial score (nSPS) is 17.9. The molecule has 1 aliphatic heterocycles. The summed E-state index contributed by atoms with van der Waals surface area (Å²) in [5, 5.41) is 10.1. The third-order valence-electron chi connectivity index (χ3n) is 6.65. The maximum atomic E-state index is 9.12. The van der Waals surface area contributed by atoms with Gasteiger partial charge in [0.1, 0.15) is 5.75 Å². The minimum atomic E-state index is 0.216. The van der Waals surface area contributed by atoms with Gasteiger partial charge in [0, 0.05) is 41.5 Å². The molecule has 0 unspecified atom stereocenters. The van der Waals surface area contributed by atoms with E-state index in [9.17, 15) is 0 Å². The SMILES string of the molecule is COc1c(-c2ccc(N3C[C@@H](C)O[C@@H](C)C3)c(C)c2)cnc2c(-c3ccc(C#N)cc3)cccc12. The Bertz CT molecular complexity index is 1410. The van der Waals surface area contributed by atoms with Crippen molar-refractivity contribution >= 4 is 16.6 Å². The summed E-state index contributed by atoms with van der Waals surface area (Å²) in [5.74, 6) is 0.811. The van der Waals surface area contributed by atoms with E-state index in [2.05, 4.69) is 62.1 Å². The van der Waals surface area contributed by atoms with Crippen LogP contribution < -0.4 is 9.64 Å². The fourth-order valence-corrected chi connectivity index (χ4v) is 5.13. The minimum absolute atomic E-state index is 0.216. The summed E-state index contributed by atoms with van der Waals surface area (Å²) in [6.45, 7) is 8.20. The fraction of sp³-hybridized carbons (Fsp3) is 0.267. The van der Waals surface area contributed by atoms with Crippen LogP contribution in [0.25, 0.3) is 33.2 Å². The monoisotopic (exact) mass is 463 g/mol. The van der Waals surface area contributed by atoms with Gasteiger partial charge in [-0.15, -0.1) is 0 Å². The van der Waals surface area contributed by atoms with Crippen molar-refractivity contribution in [1.82, 2.24) is 4.98 Å². The lowest BCUT2D eigenvalue weighted by Crippen LogP contribution is -2.45. The molecule has 4 aromatic rings. The Labute approximate surface area is 206 Å². The number of ether oxygens (including phenoxy) is 2. The number of aromatic nitrogens is 1. The molecule has 176 valence electrons. The molecule has 5 rings (SSSR count). The van der Waals surface area contributed by atoms with Crippen molar-refractivity contribution in [3.8, 4) is 34.1 Å². The first-order valence-corrected chi connectivity index (χ1v) is 12.0. The highest BCUT2D eigenvalue weighted by atomic mass is 16.5. The van der Waals surface area contributed by atoms with Gasteiger partial charge in [-0.3, -0.25) is 4.98 Å². The zero-order valence-corrected chi connectivity index (χ0v) is 20.6. The van der Waals surface area contributed by atoms with Gasteiger partial charge in [-0.05, 0) is 67.8 Å². The van der Waals surface area contributed by atoms with E-state index in [4.69, 9.17) is 19.7 Å². The molecule has 5 nitrogen and oxygen atoms in total. The van der Waals surface area contributed by atoms with Crippen molar-refractivity contribution in [2.24, 2.45) is 0 Å². The van der Waals surface area contributed by atoms with Crippen molar-refractivity contribution < 1.29 is 9.47 Å². The highest BCUT2D eigenvalue weighted by molar-refractivity contribution is 6.00. The molecular weight excluding hydrogens is 434 g/mol. The van der Waals surface area contributed by atoms with Gasteiger partial charge in [0.2, 0.25) is 0 Å². The number of hydrogen-bond donors (Lipinski definition) is 0. The third-order valence-corrected chi connectivity index (χ3v) is 6.65. The molecule has 1 aromatic heterocycles. The molecule has 0 radical (unpaired) electrons. The number of pyridine rings is 1. The number of hydrogen-bond acceptors (Lipinski definition) is 5. The number of nitrogens with zero attached hydrogens (tertiary/aromatic N) is 3. The van der Waals surface area contributed by atoms with E-state index in [1.54, 1.807) is 7.11 Å². The molecule has 0 bridgehead atoms. The van der Waals surface area contributed by atoms with Crippen LogP contribution in [-0.2, 0) is 4.74 Å². The number of aryl methyl sites for hydroxylation is 1. The van der Waals surface area contributed by atoms with Crippen LogP contribution in [0.1, 0.15) is 25.0 Å². The highest BCUT2D eigenvalue weighted by Crippen LogP contribution is 2.40. The number of methoxy groups -OCH3 is 1. The van der Waals surface area contributed by atoms with Gasteiger partial charge in [-0.25, -0.2) is 0 Å². The van der Waals surface area contributed by atoms with E-state index in [0.717, 1.165) is 52.0 Å². The van der Waals surface area contributed by atoms with Crippen LogP contribution in [0.2, 0.25) is 0 Å². The predicted molar refractivity (Wildman–Crippen MR) is 141 cm³/mol. The minimum Gasteiger partial charge on any atom is -0.495 e. The number of benzene rings is 3. The molecule has 5 heteroatoms. The molecule has 3 aromatic carbocycles. The summed E-state index contributed by atoms with van der Waals surface area (Å²) in [6.07, 6.45) is 2.34. The molecule has 0 aliphatic carbocycles. The first-order chi connectivity index (χ1) is 17.0. The Morgan fingerprint density at radius 3 is 2.34 bits per heavy atom. The Morgan fingerprint density at radius 1 is 0.971 bits per heavy atom. The lowest BCUT2D eigenvalue weighted by molar-refractivity contribution is -0.00524. The molecule has 1 fully saturated rings. The topological polar surface area (TPSA) is 58.4 Å². The number of nitriles is 1. The second-order valence-electron chi connectivity index (χ2n) is 9.26. The molecule has 1 saturated heterocycles. The lowest BCUT2D eigenvalue weighted by Gasteiger charge is -2.37. The van der Waals surface area contributed by atoms with Gasteiger partial charge in [0.15, 0.2) is 0 Å². The molecule has 0 saturated carbocycles. The number of fused-ring (bicyclic) bond motifs is 1. The maximum Gasteiger partial charge on any atom is 0.137 e. The molecule has 2 atom stereocenters. The molecular formula is C30H29N3O2. The Morgan fingerprint density at radius 2 is 1.69 bits per heavy atom. The Balaban J connectivity index is 1.56. The third kappa shape index (κ3) is 4.34. The standard InChI is InChI=1S/C30H29N3O2/c1-19-14-24(12-13-28(19)33-17-20(2)35-21(3)18-33)27-16-32-29-25(6-5-7-26(29)30(27)34-4)23-10-8-22(15-31)9-11-23/h5-14,16,20-21H,17-18H2,1-4H3/t20-,21+. The maximum absolute atomic E-state index is 9.12. The molecule has 0 amide bonds. The second-order valence-corrected chi connectivity index (χ2v) is 9.26. The van der Waals surface area contributed by atoms with Gasteiger partial charge >= 0.3 is 0 Å². The lowest BCUT2D eigenvalue weighted by atomic mass is 9.97. The van der Waals surface area contributed by atoms with E-state index < -0.39 is 0 Å². The predicted octanol–water partition coefficient (Wildman–Crippen LogP) is 6.37. The largest absolute Gasteiger partial charge is 0.495 e. The molecule has 35 heavy (non-hydrogen) atoms. The van der Waals surface area contributed by atoms with Gasteiger partial charge < -0.3 is 14.4 Å². The summed E-state index contributed by atoms with van der Waals surface area (Å²) in [4.78, 5) is 7.29. The number of anilines is 1. The smallest absolute Gasteiger partial charge is 0.137 e. The van der Waals surface area contributed by atoms with E-state index in [1.807, 2.05) is 36.5 Å². The zero-order valence-electron chi connectivity index (χ0n) is 20.6. The first kappa shape index (κ1) is 22.9. The highest BCUT2D eigenvalue weighted by Gasteiger charge is 2.24. The van der Waals surface area contributed by atoms with Crippen molar-refractivity contribution in [3.63, 3.8) is 0 Å². The van der Waals surface area contributed by atoms with Crippen molar-refractivity contribution in [2.45, 2.75) is 33.0 Å². The van der Waals surface area contributed by atoms with Crippen molar-refractivity contribution in [3.05, 3.63) is 78.0 Å². The van der Waals surface area contributed by atoms with Crippen LogP contribution in [0.3, 0.4) is 0 Å². The average Bonchev–Trinajstić information content (AvgIpc) is 2.87. The van der Waals surface area contributed by atoms with E-state index >= 15 is 0 Å². The van der Waals surface area contributed by atoms with Crippen molar-refractivity contribution in [2.75, 3.05) is 25.1 Å². The summed E-state index contributed by atoms with van der Waals surface area (Å²) in [5.41, 5.74) is 8.06. The number of para-hydroxylation sites is 1. The van der Waals surface area contributed by atoms with E-state index in [0.29, 0.717) is 5.56 Å². The van der Waals surface area contributed by atoms with Crippen molar-refractivity contribution in [1.29, 1.82) is 5.26 Å². The fourth-order valence-electron chi connectivity index (χ4n) is 5.13. The first-order valence-electron chi connectivity index (χ1n) is 12.0. The number of rotatable bonds is 4. The van der Waals surface area contributed by atoms with Crippen LogP contribution in [0.4, 0.5) is 5.69 Å². The van der Waals surface area contributed by atoms with Crippen LogP contribution >= 0.6 is 0 Å². The van der Waals surface area contributed by atoms with E-state index in [1.165, 1.54) is 11.3 Å². The molecule has 0 spiro atoms. The van der Waals surface area contributed by atoms with Crippen LogP contribution in [0, 0.1) is 18.3 Å². The Hall–Kier alpha value is -3.88. The summed E-state index contributed by atoms with van der Waals surface area (Å²) in [6, 6.07) is 22.5. The van der Waals surface area contributed by atoms with Gasteiger partial charge in [-0.1, -0.05) is 30.3 Å². The Kier molecular flexibility index (Phi) is 6.15. The van der Waals surface area contributed by atoms with Gasteiger partial charge in [-0.2, -0.15) is 5.26 Å². The zero-order chi connectivity index (χ0) is 24.5. The summed E-state index contributed by atoms with van der Waals surface area (Å²) >= 11 is 0. The number of morpholine rings is 1. The quantitative estimate of drug-likeness (QED) is 0.352. The van der Waals surface area contributed by atoms with Gasteiger partial charge in [0.25, 0.3) is 0 Å². The average molecular weight is 464 g/mol.